The van der Waals surface area contributed by atoms with Crippen LogP contribution in [-0.4, -0.2) is 15.8 Å². The molecule has 0 saturated heterocycles. The summed E-state index contributed by atoms with van der Waals surface area (Å²) in [5.41, 5.74) is 2.62. The van der Waals surface area contributed by atoms with Crippen molar-refractivity contribution in [1.82, 2.24) is 15.1 Å². The Morgan fingerprint density at radius 2 is 1.84 bits per heavy atom. The molecule has 0 spiro atoms. The number of hydrogen-bond donors (Lipinski definition) is 1. The Kier molecular flexibility index (Phi) is 4.74. The minimum Gasteiger partial charge on any atom is -0.310 e. The van der Waals surface area contributed by atoms with Crippen molar-refractivity contribution in [2.75, 3.05) is 0 Å². The standard InChI is InChI=1S/C16H23N3/c1-13(2)19-12-16(11-18-19)10-17-14(3)9-15-7-5-4-6-8-15/h4-8,11-14,17H,9-10H2,1-3H3. The van der Waals surface area contributed by atoms with Crippen LogP contribution in [0.2, 0.25) is 0 Å². The first-order chi connectivity index (χ1) is 9.15. The quantitative estimate of drug-likeness (QED) is 0.861. The van der Waals surface area contributed by atoms with E-state index in [4.69, 9.17) is 0 Å². The predicted molar refractivity (Wildman–Crippen MR) is 79.1 cm³/mol. The molecule has 1 unspecified atom stereocenters. The minimum absolute atomic E-state index is 0.426. The second kappa shape index (κ2) is 6.53. The summed E-state index contributed by atoms with van der Waals surface area (Å²) in [5, 5.41) is 7.90. The van der Waals surface area contributed by atoms with Crippen LogP contribution < -0.4 is 5.32 Å². The van der Waals surface area contributed by atoms with Gasteiger partial charge in [-0.1, -0.05) is 30.3 Å². The molecule has 3 heteroatoms. The molecule has 1 atom stereocenters. The summed E-state index contributed by atoms with van der Waals surface area (Å²) in [6.45, 7) is 7.38. The normalized spacial score (nSPS) is 12.8. The summed E-state index contributed by atoms with van der Waals surface area (Å²) >= 11 is 0. The highest BCUT2D eigenvalue weighted by molar-refractivity contribution is 5.15. The van der Waals surface area contributed by atoms with Gasteiger partial charge in [0.2, 0.25) is 0 Å². The third kappa shape index (κ3) is 4.21. The Balaban J connectivity index is 1.81. The lowest BCUT2D eigenvalue weighted by atomic mass is 10.1. The third-order valence-electron chi connectivity index (χ3n) is 3.22. The molecule has 1 aromatic heterocycles. The smallest absolute Gasteiger partial charge is 0.0534 e. The maximum absolute atomic E-state index is 4.35. The molecule has 2 aromatic rings. The van der Waals surface area contributed by atoms with Crippen molar-refractivity contribution in [3.8, 4) is 0 Å². The van der Waals surface area contributed by atoms with E-state index in [-0.39, 0.29) is 0 Å². The molecule has 0 bridgehead atoms. The molecule has 0 aliphatic carbocycles. The van der Waals surface area contributed by atoms with E-state index in [0.29, 0.717) is 12.1 Å². The topological polar surface area (TPSA) is 29.9 Å². The van der Waals surface area contributed by atoms with Crippen molar-refractivity contribution in [1.29, 1.82) is 0 Å². The fraction of sp³-hybridized carbons (Fsp3) is 0.438. The molecule has 1 N–H and O–H groups in total. The highest BCUT2D eigenvalue weighted by Crippen LogP contribution is 2.07. The summed E-state index contributed by atoms with van der Waals surface area (Å²) in [4.78, 5) is 0. The third-order valence-corrected chi connectivity index (χ3v) is 3.22. The molecule has 0 aliphatic rings. The number of aromatic nitrogens is 2. The second-order valence-corrected chi connectivity index (χ2v) is 5.39. The first kappa shape index (κ1) is 13.8. The van der Waals surface area contributed by atoms with Crippen LogP contribution in [0.15, 0.2) is 42.7 Å². The van der Waals surface area contributed by atoms with Crippen LogP contribution in [0.1, 0.15) is 37.9 Å². The van der Waals surface area contributed by atoms with E-state index >= 15 is 0 Å². The van der Waals surface area contributed by atoms with Crippen LogP contribution in [0.3, 0.4) is 0 Å². The average Bonchev–Trinajstić information content (AvgIpc) is 2.86. The molecular weight excluding hydrogens is 234 g/mol. The van der Waals surface area contributed by atoms with Gasteiger partial charge in [-0.15, -0.1) is 0 Å². The van der Waals surface area contributed by atoms with Crippen LogP contribution in [0.25, 0.3) is 0 Å². The van der Waals surface area contributed by atoms with E-state index in [1.807, 2.05) is 10.9 Å². The molecule has 0 amide bonds. The maximum atomic E-state index is 4.35. The van der Waals surface area contributed by atoms with Gasteiger partial charge in [0.1, 0.15) is 0 Å². The van der Waals surface area contributed by atoms with E-state index in [1.165, 1.54) is 11.1 Å². The Morgan fingerprint density at radius 3 is 2.47 bits per heavy atom. The van der Waals surface area contributed by atoms with Gasteiger partial charge in [0, 0.05) is 30.4 Å². The van der Waals surface area contributed by atoms with Gasteiger partial charge in [0.05, 0.1) is 6.20 Å². The van der Waals surface area contributed by atoms with Gasteiger partial charge in [-0.25, -0.2) is 0 Å². The molecule has 1 aromatic carbocycles. The van der Waals surface area contributed by atoms with E-state index in [2.05, 4.69) is 67.7 Å². The summed E-state index contributed by atoms with van der Waals surface area (Å²) < 4.78 is 2.00. The average molecular weight is 257 g/mol. The molecular formula is C16H23N3. The number of nitrogens with one attached hydrogen (secondary N) is 1. The fourth-order valence-electron chi connectivity index (χ4n) is 2.08. The molecule has 0 fully saturated rings. The summed E-state index contributed by atoms with van der Waals surface area (Å²) in [6, 6.07) is 11.5. The Bertz CT molecular complexity index is 488. The zero-order valence-electron chi connectivity index (χ0n) is 12.0. The molecule has 2 rings (SSSR count). The molecule has 0 saturated carbocycles. The molecule has 0 radical (unpaired) electrons. The van der Waals surface area contributed by atoms with Crippen molar-refractivity contribution < 1.29 is 0 Å². The number of nitrogens with zero attached hydrogens (tertiary/aromatic N) is 2. The SMILES string of the molecule is CC(Cc1ccccc1)NCc1cnn(C(C)C)c1. The number of rotatable bonds is 6. The summed E-state index contributed by atoms with van der Waals surface area (Å²) in [5.74, 6) is 0. The lowest BCUT2D eigenvalue weighted by molar-refractivity contribution is 0.528. The fourth-order valence-corrected chi connectivity index (χ4v) is 2.08. The van der Waals surface area contributed by atoms with Crippen molar-refractivity contribution >= 4 is 0 Å². The monoisotopic (exact) mass is 257 g/mol. The summed E-state index contributed by atoms with van der Waals surface area (Å²) in [6.07, 6.45) is 5.12. The lowest BCUT2D eigenvalue weighted by Crippen LogP contribution is -2.27. The second-order valence-electron chi connectivity index (χ2n) is 5.39. The largest absolute Gasteiger partial charge is 0.310 e. The maximum Gasteiger partial charge on any atom is 0.0534 e. The highest BCUT2D eigenvalue weighted by Gasteiger charge is 2.05. The highest BCUT2D eigenvalue weighted by atomic mass is 15.3. The van der Waals surface area contributed by atoms with Crippen LogP contribution in [0, 0.1) is 0 Å². The molecule has 19 heavy (non-hydrogen) atoms. The first-order valence-electron chi connectivity index (χ1n) is 6.95. The first-order valence-corrected chi connectivity index (χ1v) is 6.95. The van der Waals surface area contributed by atoms with Crippen LogP contribution in [0.5, 0.6) is 0 Å². The predicted octanol–water partition coefficient (Wildman–Crippen LogP) is 3.18. The van der Waals surface area contributed by atoms with Crippen LogP contribution in [-0.2, 0) is 13.0 Å². The van der Waals surface area contributed by atoms with Crippen molar-refractivity contribution in [2.24, 2.45) is 0 Å². The zero-order chi connectivity index (χ0) is 13.7. The van der Waals surface area contributed by atoms with E-state index in [0.717, 1.165) is 13.0 Å². The molecule has 0 aliphatic heterocycles. The zero-order valence-corrected chi connectivity index (χ0v) is 12.0. The van der Waals surface area contributed by atoms with Gasteiger partial charge in [0.25, 0.3) is 0 Å². The van der Waals surface area contributed by atoms with E-state index < -0.39 is 0 Å². The van der Waals surface area contributed by atoms with Crippen LogP contribution in [0.4, 0.5) is 0 Å². The summed E-state index contributed by atoms with van der Waals surface area (Å²) in [7, 11) is 0. The van der Waals surface area contributed by atoms with Gasteiger partial charge in [-0.2, -0.15) is 5.10 Å². The van der Waals surface area contributed by atoms with Crippen molar-refractivity contribution in [3.05, 3.63) is 53.9 Å². The van der Waals surface area contributed by atoms with Crippen molar-refractivity contribution in [2.45, 2.75) is 45.8 Å². The van der Waals surface area contributed by atoms with Gasteiger partial charge in [-0.05, 0) is 32.8 Å². The molecule has 102 valence electrons. The Hall–Kier alpha value is -1.61. The van der Waals surface area contributed by atoms with Gasteiger partial charge in [-0.3, -0.25) is 4.68 Å². The molecule has 1 heterocycles. The van der Waals surface area contributed by atoms with Gasteiger partial charge < -0.3 is 5.32 Å². The lowest BCUT2D eigenvalue weighted by Gasteiger charge is -2.13. The number of benzene rings is 1. The minimum atomic E-state index is 0.426. The number of hydrogen-bond acceptors (Lipinski definition) is 2. The Morgan fingerprint density at radius 1 is 1.11 bits per heavy atom. The van der Waals surface area contributed by atoms with E-state index in [9.17, 15) is 0 Å². The van der Waals surface area contributed by atoms with Crippen LogP contribution >= 0.6 is 0 Å². The molecule has 3 nitrogen and oxygen atoms in total. The van der Waals surface area contributed by atoms with E-state index in [1.54, 1.807) is 0 Å². The van der Waals surface area contributed by atoms with Gasteiger partial charge in [0.15, 0.2) is 0 Å². The van der Waals surface area contributed by atoms with Crippen molar-refractivity contribution in [3.63, 3.8) is 0 Å². The van der Waals surface area contributed by atoms with Gasteiger partial charge >= 0.3 is 0 Å². The Labute approximate surface area is 115 Å².